The molecule has 1 aliphatic rings. The first-order valence-electron chi connectivity index (χ1n) is 6.90. The molecule has 0 bridgehead atoms. The first-order valence-corrected chi connectivity index (χ1v) is 6.90. The van der Waals surface area contributed by atoms with E-state index in [0.29, 0.717) is 12.1 Å². The van der Waals surface area contributed by atoms with Crippen molar-refractivity contribution in [3.63, 3.8) is 0 Å². The van der Waals surface area contributed by atoms with Crippen LogP contribution in [0.5, 0.6) is 11.5 Å². The molecule has 4 nitrogen and oxygen atoms in total. The highest BCUT2D eigenvalue weighted by Gasteiger charge is 2.27. The van der Waals surface area contributed by atoms with Crippen molar-refractivity contribution >= 4 is 11.6 Å². The zero-order chi connectivity index (χ0) is 14.8. The highest BCUT2D eigenvalue weighted by molar-refractivity contribution is 6.07. The lowest BCUT2D eigenvalue weighted by Crippen LogP contribution is -2.42. The third-order valence-corrected chi connectivity index (χ3v) is 3.51. The van der Waals surface area contributed by atoms with Crippen molar-refractivity contribution in [1.29, 1.82) is 0 Å². The average Bonchev–Trinajstić information content (AvgIpc) is 2.53. The number of fused-ring (bicyclic) bond motifs is 1. The second-order valence-electron chi connectivity index (χ2n) is 5.04. The van der Waals surface area contributed by atoms with Crippen LogP contribution in [0.4, 0.5) is 5.69 Å². The highest BCUT2D eigenvalue weighted by atomic mass is 16.5. The van der Waals surface area contributed by atoms with Crippen LogP contribution in [0.3, 0.4) is 0 Å². The second kappa shape index (κ2) is 5.48. The van der Waals surface area contributed by atoms with Gasteiger partial charge in [0.2, 0.25) is 0 Å². The molecule has 1 heterocycles. The number of nitrogens with zero attached hydrogens (tertiary/aromatic N) is 1. The van der Waals surface area contributed by atoms with Gasteiger partial charge in [0, 0.05) is 5.56 Å². The van der Waals surface area contributed by atoms with E-state index in [-0.39, 0.29) is 12.0 Å². The van der Waals surface area contributed by atoms with Gasteiger partial charge in [-0.2, -0.15) is 0 Å². The van der Waals surface area contributed by atoms with Gasteiger partial charge in [0.1, 0.15) is 17.6 Å². The van der Waals surface area contributed by atoms with Gasteiger partial charge in [0.25, 0.3) is 5.91 Å². The molecule has 0 fully saturated rings. The molecule has 0 saturated carbocycles. The summed E-state index contributed by atoms with van der Waals surface area (Å²) in [6, 6.07) is 14.8. The second-order valence-corrected chi connectivity index (χ2v) is 5.04. The Morgan fingerprint density at radius 3 is 2.62 bits per heavy atom. The van der Waals surface area contributed by atoms with E-state index in [1.54, 1.807) is 36.3 Å². The van der Waals surface area contributed by atoms with Gasteiger partial charge in [-0.15, -0.1) is 0 Å². The molecule has 0 radical (unpaired) electrons. The molecule has 0 unspecified atom stereocenters. The molecule has 1 atom stereocenters. The van der Waals surface area contributed by atoms with Gasteiger partial charge >= 0.3 is 0 Å². The minimum atomic E-state index is -0.0275. The summed E-state index contributed by atoms with van der Waals surface area (Å²) in [5, 5.41) is 0. The van der Waals surface area contributed by atoms with E-state index in [4.69, 9.17) is 9.47 Å². The predicted octanol–water partition coefficient (Wildman–Crippen LogP) is 3.12. The maximum atomic E-state index is 12.7. The number of hydrogen-bond acceptors (Lipinski definition) is 3. The van der Waals surface area contributed by atoms with Crippen molar-refractivity contribution in [2.24, 2.45) is 0 Å². The van der Waals surface area contributed by atoms with Gasteiger partial charge in [-0.25, -0.2) is 0 Å². The van der Waals surface area contributed by atoms with Crippen molar-refractivity contribution in [2.45, 2.75) is 13.0 Å². The van der Waals surface area contributed by atoms with E-state index >= 15 is 0 Å². The number of methoxy groups -OCH3 is 1. The van der Waals surface area contributed by atoms with E-state index in [1.165, 1.54) is 0 Å². The van der Waals surface area contributed by atoms with Crippen LogP contribution in [0.2, 0.25) is 0 Å². The summed E-state index contributed by atoms with van der Waals surface area (Å²) in [6.07, 6.45) is -0.0258. The summed E-state index contributed by atoms with van der Waals surface area (Å²) in [5.41, 5.74) is 1.45. The fourth-order valence-electron chi connectivity index (χ4n) is 2.47. The predicted molar refractivity (Wildman–Crippen MR) is 81.2 cm³/mol. The van der Waals surface area contributed by atoms with Crippen molar-refractivity contribution in [3.8, 4) is 11.5 Å². The molecular weight excluding hydrogens is 266 g/mol. The molecule has 108 valence electrons. The van der Waals surface area contributed by atoms with Gasteiger partial charge < -0.3 is 14.4 Å². The summed E-state index contributed by atoms with van der Waals surface area (Å²) < 4.78 is 10.9. The summed E-state index contributed by atoms with van der Waals surface area (Å²) in [6.45, 7) is 2.51. The Kier molecular flexibility index (Phi) is 3.52. The van der Waals surface area contributed by atoms with Gasteiger partial charge in [-0.1, -0.05) is 12.1 Å². The number of anilines is 1. The number of ether oxygens (including phenoxy) is 2. The maximum Gasteiger partial charge on any atom is 0.258 e. The minimum Gasteiger partial charge on any atom is -0.497 e. The van der Waals surface area contributed by atoms with Crippen LogP contribution in [0.25, 0.3) is 0 Å². The average molecular weight is 283 g/mol. The molecule has 2 aromatic carbocycles. The van der Waals surface area contributed by atoms with Crippen molar-refractivity contribution in [1.82, 2.24) is 0 Å². The van der Waals surface area contributed by atoms with Gasteiger partial charge in [0.15, 0.2) is 0 Å². The first-order chi connectivity index (χ1) is 10.2. The molecule has 0 aromatic heterocycles. The SMILES string of the molecule is COc1ccc(C(=O)N2C[C@H](C)Oc3ccccc32)cc1. The number of para-hydroxylation sites is 2. The minimum absolute atomic E-state index is 0.0258. The summed E-state index contributed by atoms with van der Waals surface area (Å²) in [4.78, 5) is 14.5. The quantitative estimate of drug-likeness (QED) is 0.850. The van der Waals surface area contributed by atoms with Crippen LogP contribution in [0.15, 0.2) is 48.5 Å². The Hall–Kier alpha value is -2.49. The summed E-state index contributed by atoms with van der Waals surface area (Å²) in [7, 11) is 1.61. The molecular formula is C17H17NO3. The number of carbonyl (C=O) groups is 1. The Labute approximate surface area is 123 Å². The summed E-state index contributed by atoms with van der Waals surface area (Å²) in [5.74, 6) is 1.46. The molecule has 3 rings (SSSR count). The number of rotatable bonds is 2. The van der Waals surface area contributed by atoms with Gasteiger partial charge in [-0.05, 0) is 43.3 Å². The molecule has 1 amide bonds. The molecule has 0 N–H and O–H groups in total. The van der Waals surface area contributed by atoms with E-state index in [0.717, 1.165) is 17.2 Å². The fraction of sp³-hybridized carbons (Fsp3) is 0.235. The van der Waals surface area contributed by atoms with E-state index < -0.39 is 0 Å². The summed E-state index contributed by atoms with van der Waals surface area (Å²) >= 11 is 0. The smallest absolute Gasteiger partial charge is 0.258 e. The largest absolute Gasteiger partial charge is 0.497 e. The molecule has 0 spiro atoms. The molecule has 2 aromatic rings. The van der Waals surface area contributed by atoms with Crippen LogP contribution in [0, 0.1) is 0 Å². The Morgan fingerprint density at radius 1 is 1.19 bits per heavy atom. The normalized spacial score (nSPS) is 16.9. The molecule has 21 heavy (non-hydrogen) atoms. The van der Waals surface area contributed by atoms with Gasteiger partial charge in [0.05, 0.1) is 19.3 Å². The third-order valence-electron chi connectivity index (χ3n) is 3.51. The Morgan fingerprint density at radius 2 is 1.90 bits per heavy atom. The lowest BCUT2D eigenvalue weighted by molar-refractivity contribution is 0.0961. The van der Waals surface area contributed by atoms with Gasteiger partial charge in [-0.3, -0.25) is 4.79 Å². The van der Waals surface area contributed by atoms with E-state index in [2.05, 4.69) is 0 Å². The Bertz CT molecular complexity index is 651. The standard InChI is InChI=1S/C17H17NO3/c1-12-11-18(15-5-3-4-6-16(15)21-12)17(19)13-7-9-14(20-2)10-8-13/h3-10,12H,11H2,1-2H3/t12-/m0/s1. The monoisotopic (exact) mass is 283 g/mol. The number of benzene rings is 2. The van der Waals surface area contributed by atoms with Crippen molar-refractivity contribution in [3.05, 3.63) is 54.1 Å². The topological polar surface area (TPSA) is 38.8 Å². The maximum absolute atomic E-state index is 12.7. The lowest BCUT2D eigenvalue weighted by Gasteiger charge is -2.33. The van der Waals surface area contributed by atoms with Crippen LogP contribution in [0.1, 0.15) is 17.3 Å². The fourth-order valence-corrected chi connectivity index (χ4v) is 2.47. The van der Waals surface area contributed by atoms with Crippen LogP contribution < -0.4 is 14.4 Å². The molecule has 4 heteroatoms. The first kappa shape index (κ1) is 13.5. The number of hydrogen-bond donors (Lipinski definition) is 0. The highest BCUT2D eigenvalue weighted by Crippen LogP contribution is 2.34. The lowest BCUT2D eigenvalue weighted by atomic mass is 10.1. The third kappa shape index (κ3) is 2.57. The van der Waals surface area contributed by atoms with E-state index in [1.807, 2.05) is 31.2 Å². The number of carbonyl (C=O) groups excluding carboxylic acids is 1. The van der Waals surface area contributed by atoms with Crippen molar-refractivity contribution in [2.75, 3.05) is 18.6 Å². The van der Waals surface area contributed by atoms with Crippen LogP contribution >= 0.6 is 0 Å². The van der Waals surface area contributed by atoms with E-state index in [9.17, 15) is 4.79 Å². The zero-order valence-corrected chi connectivity index (χ0v) is 12.1. The van der Waals surface area contributed by atoms with Crippen LogP contribution in [-0.2, 0) is 0 Å². The van der Waals surface area contributed by atoms with Crippen LogP contribution in [-0.4, -0.2) is 25.7 Å². The molecule has 1 aliphatic heterocycles. The zero-order valence-electron chi connectivity index (χ0n) is 12.1. The van der Waals surface area contributed by atoms with Crippen molar-refractivity contribution < 1.29 is 14.3 Å². The molecule has 0 aliphatic carbocycles. The Balaban J connectivity index is 1.93. The number of amides is 1. The molecule has 0 saturated heterocycles.